The van der Waals surface area contributed by atoms with E-state index in [1.807, 2.05) is 31.2 Å². The van der Waals surface area contributed by atoms with Crippen LogP contribution in [-0.4, -0.2) is 11.4 Å². The maximum Gasteiger partial charge on any atom is 0.260 e. The molecule has 1 unspecified atom stereocenters. The van der Waals surface area contributed by atoms with E-state index in [0.717, 1.165) is 16.8 Å². The Morgan fingerprint density at radius 3 is 2.46 bits per heavy atom. The summed E-state index contributed by atoms with van der Waals surface area (Å²) in [6.07, 6.45) is 1.93. The predicted molar refractivity (Wildman–Crippen MR) is 112 cm³/mol. The van der Waals surface area contributed by atoms with E-state index in [0.29, 0.717) is 9.93 Å². The van der Waals surface area contributed by atoms with Crippen LogP contribution in [-0.2, 0) is 10.2 Å². The van der Waals surface area contributed by atoms with Gasteiger partial charge >= 0.3 is 0 Å². The molecule has 1 fully saturated rings. The van der Waals surface area contributed by atoms with Gasteiger partial charge in [-0.3, -0.25) is 4.79 Å². The molecule has 26 heavy (non-hydrogen) atoms. The number of halogens is 1. The first-order valence-electron chi connectivity index (χ1n) is 8.55. The third-order valence-electron chi connectivity index (χ3n) is 4.28. The van der Waals surface area contributed by atoms with E-state index < -0.39 is 0 Å². The van der Waals surface area contributed by atoms with Crippen molar-refractivity contribution in [3.8, 4) is 0 Å². The number of carbonyl (C=O) groups excluding carboxylic acids is 1. The maximum atomic E-state index is 12.3. The van der Waals surface area contributed by atoms with Gasteiger partial charge in [0, 0.05) is 10.7 Å². The highest BCUT2D eigenvalue weighted by Gasteiger charge is 2.27. The third-order valence-corrected chi connectivity index (χ3v) is 5.54. The predicted octanol–water partition coefficient (Wildman–Crippen LogP) is 5.55. The number of benzene rings is 2. The molecule has 0 saturated carbocycles. The lowest BCUT2D eigenvalue weighted by molar-refractivity contribution is -0.116. The van der Waals surface area contributed by atoms with Gasteiger partial charge in [-0.1, -0.05) is 68.4 Å². The molecule has 1 atom stereocenters. The molecule has 0 radical (unpaired) electrons. The molecular formula is C21H23ClN2OS. The lowest BCUT2D eigenvalue weighted by atomic mass is 9.87. The molecule has 1 heterocycles. The Bertz CT molecular complexity index is 853. The van der Waals surface area contributed by atoms with Crippen molar-refractivity contribution in [3.63, 3.8) is 0 Å². The first-order valence-corrected chi connectivity index (χ1v) is 9.80. The number of aryl methyl sites for hydroxylation is 1. The monoisotopic (exact) mass is 386 g/mol. The molecule has 2 N–H and O–H groups in total. The van der Waals surface area contributed by atoms with Crippen LogP contribution in [0.3, 0.4) is 0 Å². The minimum Gasteiger partial charge on any atom is -0.356 e. The van der Waals surface area contributed by atoms with E-state index in [1.165, 1.54) is 17.3 Å². The Kier molecular flexibility index (Phi) is 5.35. The summed E-state index contributed by atoms with van der Waals surface area (Å²) in [7, 11) is 0. The lowest BCUT2D eigenvalue weighted by Crippen LogP contribution is -2.31. The second-order valence-corrected chi connectivity index (χ2v) is 9.04. The van der Waals surface area contributed by atoms with Gasteiger partial charge in [0.2, 0.25) is 0 Å². The van der Waals surface area contributed by atoms with Crippen molar-refractivity contribution < 1.29 is 4.79 Å². The number of thioether (sulfide) groups is 1. The summed E-state index contributed by atoms with van der Waals surface area (Å²) >= 11 is 7.48. The standard InChI is InChI=1S/C21H23ClN2OS/c1-13-11-16(22)9-10-17(13)23-20-24-19(25)18(26-20)12-14-5-7-15(8-6-14)21(2,3)4/h5-12,20,23H,1-4H3,(H,24,25)/b18-12-. The Labute approximate surface area is 164 Å². The van der Waals surface area contributed by atoms with Gasteiger partial charge in [-0.25, -0.2) is 0 Å². The minimum atomic E-state index is -0.192. The topological polar surface area (TPSA) is 41.1 Å². The Hall–Kier alpha value is -1.91. The third kappa shape index (κ3) is 4.43. The molecule has 5 heteroatoms. The summed E-state index contributed by atoms with van der Waals surface area (Å²) < 4.78 is 0. The zero-order valence-corrected chi connectivity index (χ0v) is 17.0. The average Bonchev–Trinajstić information content (AvgIpc) is 2.89. The van der Waals surface area contributed by atoms with Crippen molar-refractivity contribution in [2.45, 2.75) is 38.6 Å². The molecule has 2 aromatic rings. The van der Waals surface area contributed by atoms with Crippen LogP contribution in [0.1, 0.15) is 37.5 Å². The van der Waals surface area contributed by atoms with Gasteiger partial charge in [-0.15, -0.1) is 0 Å². The molecule has 0 bridgehead atoms. The second kappa shape index (κ2) is 7.37. The molecule has 136 valence electrons. The summed E-state index contributed by atoms with van der Waals surface area (Å²) in [5.41, 5.74) is 4.24. The van der Waals surface area contributed by atoms with Crippen LogP contribution >= 0.6 is 23.4 Å². The molecule has 0 aliphatic carbocycles. The number of carbonyl (C=O) groups is 1. The van der Waals surface area contributed by atoms with Crippen LogP contribution in [0, 0.1) is 6.92 Å². The first kappa shape index (κ1) is 18.9. The minimum absolute atomic E-state index is 0.0565. The Morgan fingerprint density at radius 1 is 1.15 bits per heavy atom. The number of nitrogens with one attached hydrogen (secondary N) is 2. The second-order valence-electron chi connectivity index (χ2n) is 7.46. The van der Waals surface area contributed by atoms with Gasteiger partial charge in [0.1, 0.15) is 0 Å². The van der Waals surface area contributed by atoms with Crippen LogP contribution < -0.4 is 10.6 Å². The Morgan fingerprint density at radius 2 is 1.85 bits per heavy atom. The van der Waals surface area contributed by atoms with Gasteiger partial charge in [-0.05, 0) is 53.3 Å². The van der Waals surface area contributed by atoms with Gasteiger partial charge in [0.25, 0.3) is 5.91 Å². The van der Waals surface area contributed by atoms with Crippen molar-refractivity contribution in [1.82, 2.24) is 5.32 Å². The maximum absolute atomic E-state index is 12.3. The van der Waals surface area contributed by atoms with Crippen molar-refractivity contribution >= 4 is 41.0 Å². The molecule has 1 aliphatic rings. The van der Waals surface area contributed by atoms with E-state index in [-0.39, 0.29) is 16.8 Å². The van der Waals surface area contributed by atoms with E-state index >= 15 is 0 Å². The van der Waals surface area contributed by atoms with Gasteiger partial charge in [-0.2, -0.15) is 0 Å². The fraction of sp³-hybridized carbons (Fsp3) is 0.286. The quantitative estimate of drug-likeness (QED) is 0.680. The molecule has 2 aromatic carbocycles. The van der Waals surface area contributed by atoms with Crippen LogP contribution in [0.25, 0.3) is 6.08 Å². The van der Waals surface area contributed by atoms with E-state index in [9.17, 15) is 4.79 Å². The molecule has 3 nitrogen and oxygen atoms in total. The molecule has 1 saturated heterocycles. The summed E-state index contributed by atoms with van der Waals surface area (Å²) in [5, 5.41) is 7.01. The average molecular weight is 387 g/mol. The highest BCUT2D eigenvalue weighted by molar-refractivity contribution is 8.05. The van der Waals surface area contributed by atoms with Crippen molar-refractivity contribution in [1.29, 1.82) is 0 Å². The fourth-order valence-electron chi connectivity index (χ4n) is 2.73. The molecule has 3 rings (SSSR count). The number of rotatable bonds is 3. The zero-order chi connectivity index (χ0) is 18.9. The molecule has 0 spiro atoms. The van der Waals surface area contributed by atoms with Gasteiger partial charge in [0.05, 0.1) is 4.91 Å². The number of hydrogen-bond acceptors (Lipinski definition) is 3. The largest absolute Gasteiger partial charge is 0.356 e. The molecule has 0 aromatic heterocycles. The summed E-state index contributed by atoms with van der Waals surface area (Å²) in [6, 6.07) is 14.0. The zero-order valence-electron chi connectivity index (χ0n) is 15.4. The SMILES string of the molecule is Cc1cc(Cl)ccc1NC1NC(=O)/C(=C/c2ccc(C(C)(C)C)cc2)S1. The highest BCUT2D eigenvalue weighted by Crippen LogP contribution is 2.32. The van der Waals surface area contributed by atoms with Crippen molar-refractivity contribution in [2.75, 3.05) is 5.32 Å². The van der Waals surface area contributed by atoms with Crippen LogP contribution in [0.5, 0.6) is 0 Å². The van der Waals surface area contributed by atoms with Crippen LogP contribution in [0.2, 0.25) is 5.02 Å². The van der Waals surface area contributed by atoms with Crippen LogP contribution in [0.4, 0.5) is 5.69 Å². The number of amides is 1. The number of hydrogen-bond donors (Lipinski definition) is 2. The lowest BCUT2D eigenvalue weighted by Gasteiger charge is -2.18. The van der Waals surface area contributed by atoms with E-state index in [1.54, 1.807) is 0 Å². The normalized spacial score (nSPS) is 18.9. The summed E-state index contributed by atoms with van der Waals surface area (Å²) in [6.45, 7) is 8.56. The fourth-order valence-corrected chi connectivity index (χ4v) is 3.93. The van der Waals surface area contributed by atoms with Gasteiger partial charge < -0.3 is 10.6 Å². The summed E-state index contributed by atoms with van der Waals surface area (Å²) in [5.74, 6) is -0.0565. The van der Waals surface area contributed by atoms with E-state index in [4.69, 9.17) is 11.6 Å². The van der Waals surface area contributed by atoms with Gasteiger partial charge in [0.15, 0.2) is 5.50 Å². The number of anilines is 1. The Balaban J connectivity index is 1.72. The molecular weight excluding hydrogens is 364 g/mol. The van der Waals surface area contributed by atoms with E-state index in [2.05, 4.69) is 55.7 Å². The first-order chi connectivity index (χ1) is 12.2. The molecule has 1 aliphatic heterocycles. The van der Waals surface area contributed by atoms with Crippen molar-refractivity contribution in [2.24, 2.45) is 0 Å². The highest BCUT2D eigenvalue weighted by atomic mass is 35.5. The molecule has 1 amide bonds. The smallest absolute Gasteiger partial charge is 0.260 e. The summed E-state index contributed by atoms with van der Waals surface area (Å²) in [4.78, 5) is 13.0. The van der Waals surface area contributed by atoms with Crippen molar-refractivity contribution in [3.05, 3.63) is 69.1 Å². The van der Waals surface area contributed by atoms with Crippen LogP contribution in [0.15, 0.2) is 47.4 Å².